The number of hydrogen-bond acceptors (Lipinski definition) is 4. The third kappa shape index (κ3) is 6.98. The highest BCUT2D eigenvalue weighted by molar-refractivity contribution is 7.15. The lowest BCUT2D eigenvalue weighted by Crippen LogP contribution is -3.13. The summed E-state index contributed by atoms with van der Waals surface area (Å²) >= 11 is 1.37. The standard InChI is InChI=1S/C23H32N2O3S/c1-4-7-14-25(15-8-5-2)16-20(26)24-22-21(23(27)28-6-3)19(17-29-22)18-12-10-9-11-13-18/h9-13,17H,4-8,14-16H2,1-3H3,(H,24,26)/p+1. The molecule has 29 heavy (non-hydrogen) atoms. The van der Waals surface area contributed by atoms with Crippen LogP contribution in [0.1, 0.15) is 56.8 Å². The van der Waals surface area contributed by atoms with Crippen molar-refractivity contribution in [2.24, 2.45) is 0 Å². The van der Waals surface area contributed by atoms with E-state index < -0.39 is 5.97 Å². The van der Waals surface area contributed by atoms with Gasteiger partial charge in [0.05, 0.1) is 19.7 Å². The van der Waals surface area contributed by atoms with Crippen molar-refractivity contribution in [3.63, 3.8) is 0 Å². The van der Waals surface area contributed by atoms with Crippen LogP contribution in [0, 0.1) is 0 Å². The number of ether oxygens (including phenoxy) is 1. The van der Waals surface area contributed by atoms with Gasteiger partial charge in [0, 0.05) is 10.9 Å². The summed E-state index contributed by atoms with van der Waals surface area (Å²) in [6.45, 7) is 8.82. The molecule has 0 radical (unpaired) electrons. The molecule has 0 atom stereocenters. The quantitative estimate of drug-likeness (QED) is 0.513. The molecule has 5 nitrogen and oxygen atoms in total. The van der Waals surface area contributed by atoms with E-state index in [1.807, 2.05) is 35.7 Å². The summed E-state index contributed by atoms with van der Waals surface area (Å²) in [5, 5.41) is 5.46. The second-order valence-corrected chi connectivity index (χ2v) is 8.00. The number of amides is 1. The Morgan fingerprint density at radius 2 is 1.69 bits per heavy atom. The van der Waals surface area contributed by atoms with Gasteiger partial charge in [0.2, 0.25) is 0 Å². The van der Waals surface area contributed by atoms with Gasteiger partial charge in [0.15, 0.2) is 6.54 Å². The first kappa shape index (κ1) is 23.1. The number of quaternary nitrogens is 1. The highest BCUT2D eigenvalue weighted by Crippen LogP contribution is 2.36. The Balaban J connectivity index is 2.19. The fourth-order valence-corrected chi connectivity index (χ4v) is 4.21. The summed E-state index contributed by atoms with van der Waals surface area (Å²) in [7, 11) is 0. The van der Waals surface area contributed by atoms with Crippen LogP contribution in [-0.2, 0) is 9.53 Å². The minimum Gasteiger partial charge on any atom is -0.462 e. The van der Waals surface area contributed by atoms with E-state index in [0.717, 1.165) is 49.9 Å². The fourth-order valence-electron chi connectivity index (χ4n) is 3.24. The maximum absolute atomic E-state index is 12.8. The van der Waals surface area contributed by atoms with Gasteiger partial charge in [0.25, 0.3) is 5.91 Å². The van der Waals surface area contributed by atoms with E-state index in [0.29, 0.717) is 23.7 Å². The molecule has 2 N–H and O–H groups in total. The van der Waals surface area contributed by atoms with Crippen molar-refractivity contribution in [3.05, 3.63) is 41.3 Å². The molecule has 0 unspecified atom stereocenters. The number of hydrogen-bond donors (Lipinski definition) is 2. The molecule has 0 saturated heterocycles. The molecule has 0 aliphatic carbocycles. The van der Waals surface area contributed by atoms with Crippen LogP contribution in [-0.4, -0.2) is 38.1 Å². The first-order valence-corrected chi connectivity index (χ1v) is 11.5. The lowest BCUT2D eigenvalue weighted by molar-refractivity contribution is -0.892. The van der Waals surface area contributed by atoms with Crippen molar-refractivity contribution in [2.45, 2.75) is 46.5 Å². The van der Waals surface area contributed by atoms with Gasteiger partial charge in [0.1, 0.15) is 10.6 Å². The molecule has 1 aromatic carbocycles. The van der Waals surface area contributed by atoms with Crippen molar-refractivity contribution < 1.29 is 19.2 Å². The number of carbonyl (C=O) groups excluding carboxylic acids is 2. The molecule has 6 heteroatoms. The van der Waals surface area contributed by atoms with Crippen molar-refractivity contribution >= 4 is 28.2 Å². The zero-order chi connectivity index (χ0) is 21.1. The average Bonchev–Trinajstić information content (AvgIpc) is 3.14. The number of thiophene rings is 1. The van der Waals surface area contributed by atoms with Gasteiger partial charge in [-0.2, -0.15) is 0 Å². The number of esters is 1. The Labute approximate surface area is 178 Å². The molecule has 0 bridgehead atoms. The summed E-state index contributed by atoms with van der Waals surface area (Å²) < 4.78 is 5.27. The van der Waals surface area contributed by atoms with Crippen molar-refractivity contribution in [2.75, 3.05) is 31.6 Å². The largest absolute Gasteiger partial charge is 0.462 e. The number of benzene rings is 1. The van der Waals surface area contributed by atoms with Crippen LogP contribution in [0.2, 0.25) is 0 Å². The third-order valence-electron chi connectivity index (χ3n) is 4.79. The van der Waals surface area contributed by atoms with Gasteiger partial charge in [-0.05, 0) is 25.3 Å². The van der Waals surface area contributed by atoms with Crippen molar-refractivity contribution in [1.82, 2.24) is 0 Å². The maximum atomic E-state index is 12.8. The van der Waals surface area contributed by atoms with Crippen molar-refractivity contribution in [3.8, 4) is 11.1 Å². The van der Waals surface area contributed by atoms with E-state index in [1.54, 1.807) is 6.92 Å². The molecule has 0 aliphatic rings. The number of nitrogens with one attached hydrogen (secondary N) is 2. The second-order valence-electron chi connectivity index (χ2n) is 7.12. The normalized spacial score (nSPS) is 10.9. The van der Waals surface area contributed by atoms with E-state index in [1.165, 1.54) is 16.2 Å². The van der Waals surface area contributed by atoms with Gasteiger partial charge < -0.3 is 15.0 Å². The Kier molecular flexibility index (Phi) is 9.88. The number of unbranched alkanes of at least 4 members (excludes halogenated alkanes) is 2. The van der Waals surface area contributed by atoms with Crippen molar-refractivity contribution in [1.29, 1.82) is 0 Å². The van der Waals surface area contributed by atoms with E-state index in [2.05, 4.69) is 19.2 Å². The predicted octanol–water partition coefficient (Wildman–Crippen LogP) is 4.02. The Morgan fingerprint density at radius 1 is 1.03 bits per heavy atom. The highest BCUT2D eigenvalue weighted by Gasteiger charge is 2.24. The minimum atomic E-state index is -0.399. The SMILES string of the molecule is CCCC[NH+](CCCC)CC(=O)Nc1scc(-c2ccccc2)c1C(=O)OCC. The lowest BCUT2D eigenvalue weighted by atomic mass is 10.0. The van der Waals surface area contributed by atoms with Crippen LogP contribution in [0.3, 0.4) is 0 Å². The molecular weight excluding hydrogens is 384 g/mol. The van der Waals surface area contributed by atoms with Gasteiger partial charge in [-0.3, -0.25) is 4.79 Å². The van der Waals surface area contributed by atoms with Gasteiger partial charge in [-0.25, -0.2) is 4.79 Å². The van der Waals surface area contributed by atoms with E-state index in [-0.39, 0.29) is 5.91 Å². The average molecular weight is 418 g/mol. The fraction of sp³-hybridized carbons (Fsp3) is 0.478. The number of rotatable bonds is 12. The van der Waals surface area contributed by atoms with E-state index >= 15 is 0 Å². The molecule has 1 heterocycles. The van der Waals surface area contributed by atoms with E-state index in [4.69, 9.17) is 4.74 Å². The topological polar surface area (TPSA) is 59.8 Å². The van der Waals surface area contributed by atoms with E-state index in [9.17, 15) is 9.59 Å². The lowest BCUT2D eigenvalue weighted by Gasteiger charge is -2.18. The summed E-state index contributed by atoms with van der Waals surface area (Å²) in [4.78, 5) is 26.7. The monoisotopic (exact) mass is 417 g/mol. The molecule has 158 valence electrons. The first-order valence-electron chi connectivity index (χ1n) is 10.6. The van der Waals surface area contributed by atoms with Crippen LogP contribution >= 0.6 is 11.3 Å². The molecule has 0 aliphatic heterocycles. The third-order valence-corrected chi connectivity index (χ3v) is 5.68. The second kappa shape index (κ2) is 12.4. The maximum Gasteiger partial charge on any atom is 0.341 e. The van der Waals surface area contributed by atoms with Crippen LogP contribution in [0.15, 0.2) is 35.7 Å². The molecule has 2 aromatic rings. The van der Waals surface area contributed by atoms with Crippen LogP contribution in [0.4, 0.5) is 5.00 Å². The van der Waals surface area contributed by atoms with Crippen LogP contribution in [0.25, 0.3) is 11.1 Å². The Bertz CT molecular complexity index is 766. The first-order chi connectivity index (χ1) is 14.1. The molecule has 1 aromatic heterocycles. The molecule has 0 fully saturated rings. The molecule has 1 amide bonds. The van der Waals surface area contributed by atoms with Gasteiger partial charge in [-0.15, -0.1) is 11.3 Å². The summed E-state index contributed by atoms with van der Waals surface area (Å²) in [6, 6.07) is 9.72. The smallest absolute Gasteiger partial charge is 0.341 e. The Hall–Kier alpha value is -2.18. The van der Waals surface area contributed by atoms with Crippen LogP contribution < -0.4 is 10.2 Å². The van der Waals surface area contributed by atoms with Gasteiger partial charge in [-0.1, -0.05) is 57.0 Å². The molecule has 2 rings (SSSR count). The Morgan fingerprint density at radius 3 is 2.28 bits per heavy atom. The predicted molar refractivity (Wildman–Crippen MR) is 120 cm³/mol. The number of carbonyl (C=O) groups is 2. The summed E-state index contributed by atoms with van der Waals surface area (Å²) in [6.07, 6.45) is 4.46. The van der Waals surface area contributed by atoms with Gasteiger partial charge >= 0.3 is 5.97 Å². The van der Waals surface area contributed by atoms with Crippen LogP contribution in [0.5, 0.6) is 0 Å². The summed E-state index contributed by atoms with van der Waals surface area (Å²) in [5.41, 5.74) is 2.18. The molecule has 0 spiro atoms. The zero-order valence-corrected chi connectivity index (χ0v) is 18.6. The highest BCUT2D eigenvalue weighted by atomic mass is 32.1. The zero-order valence-electron chi connectivity index (χ0n) is 17.8. The molecular formula is C23H33N2O3S+. The summed E-state index contributed by atoms with van der Waals surface area (Å²) in [5.74, 6) is -0.455. The molecule has 0 saturated carbocycles. The number of anilines is 1. The minimum absolute atomic E-state index is 0.0563.